The maximum absolute atomic E-state index is 12.7. The lowest BCUT2D eigenvalue weighted by Gasteiger charge is -2.34. The first-order chi connectivity index (χ1) is 13.8. The number of rotatable bonds is 4. The summed E-state index contributed by atoms with van der Waals surface area (Å²) >= 11 is 1.74. The van der Waals surface area contributed by atoms with E-state index < -0.39 is 0 Å². The summed E-state index contributed by atoms with van der Waals surface area (Å²) in [4.78, 5) is 28.3. The Hall–Kier alpha value is -2.48. The van der Waals surface area contributed by atoms with E-state index in [1.165, 1.54) is 15.8 Å². The summed E-state index contributed by atoms with van der Waals surface area (Å²) < 4.78 is 1.75. The van der Waals surface area contributed by atoms with Crippen molar-refractivity contribution in [2.45, 2.75) is 33.6 Å². The molecule has 3 aromatic rings. The molecule has 0 unspecified atom stereocenters. The highest BCUT2D eigenvalue weighted by Crippen LogP contribution is 2.35. The van der Waals surface area contributed by atoms with E-state index in [1.54, 1.807) is 22.3 Å². The number of hydrogen-bond donors (Lipinski definition) is 0. The Labute approximate surface area is 175 Å². The van der Waals surface area contributed by atoms with Gasteiger partial charge in [0.1, 0.15) is 17.0 Å². The van der Waals surface area contributed by atoms with Crippen LogP contribution >= 0.6 is 11.3 Å². The Morgan fingerprint density at radius 2 is 1.97 bits per heavy atom. The molecule has 4 heterocycles. The van der Waals surface area contributed by atoms with Gasteiger partial charge in [0.05, 0.1) is 5.39 Å². The predicted molar refractivity (Wildman–Crippen MR) is 117 cm³/mol. The van der Waals surface area contributed by atoms with E-state index in [0.29, 0.717) is 11.6 Å². The Bertz CT molecular complexity index is 1030. The topological polar surface area (TPSA) is 67.2 Å². The molecule has 7 nitrogen and oxygen atoms in total. The van der Waals surface area contributed by atoms with Crippen LogP contribution in [0.15, 0.2) is 12.4 Å². The number of anilines is 1. The van der Waals surface area contributed by atoms with Gasteiger partial charge in [-0.1, -0.05) is 0 Å². The van der Waals surface area contributed by atoms with Crippen LogP contribution in [0.5, 0.6) is 0 Å². The highest BCUT2D eigenvalue weighted by atomic mass is 32.1. The average Bonchev–Trinajstić information content (AvgIpc) is 3.20. The third kappa shape index (κ3) is 3.73. The normalized spacial score (nSPS) is 15.3. The molecule has 0 aliphatic carbocycles. The highest BCUT2D eigenvalue weighted by molar-refractivity contribution is 7.18. The standard InChI is InChI=1S/C21H28N6OS/c1-13-10-17(24-26(13)5)21(28)25(4)11-16-6-8-27(9-7-16)19-18-14(2)15(3)29-20(18)23-12-22-19/h10,12,16H,6-9,11H2,1-5H3. The van der Waals surface area contributed by atoms with E-state index >= 15 is 0 Å². The third-order valence-electron chi connectivity index (χ3n) is 6.07. The van der Waals surface area contributed by atoms with Gasteiger partial charge in [0.25, 0.3) is 5.91 Å². The van der Waals surface area contributed by atoms with Gasteiger partial charge in [-0.15, -0.1) is 11.3 Å². The van der Waals surface area contributed by atoms with Gasteiger partial charge in [-0.25, -0.2) is 9.97 Å². The first kappa shape index (κ1) is 19.8. The molecule has 0 bridgehead atoms. The summed E-state index contributed by atoms with van der Waals surface area (Å²) in [5.74, 6) is 1.55. The first-order valence-electron chi connectivity index (χ1n) is 10.1. The van der Waals surface area contributed by atoms with Crippen molar-refractivity contribution in [3.63, 3.8) is 0 Å². The molecule has 29 heavy (non-hydrogen) atoms. The van der Waals surface area contributed by atoms with Gasteiger partial charge in [0.15, 0.2) is 5.69 Å². The van der Waals surface area contributed by atoms with E-state index in [2.05, 4.69) is 33.8 Å². The van der Waals surface area contributed by atoms with Crippen molar-refractivity contribution in [1.29, 1.82) is 0 Å². The molecular weight excluding hydrogens is 384 g/mol. The number of fused-ring (bicyclic) bond motifs is 1. The second-order valence-corrected chi connectivity index (χ2v) is 9.27. The zero-order chi connectivity index (χ0) is 20.7. The zero-order valence-corrected chi connectivity index (χ0v) is 18.6. The monoisotopic (exact) mass is 412 g/mol. The summed E-state index contributed by atoms with van der Waals surface area (Å²) in [6.45, 7) is 8.94. The van der Waals surface area contributed by atoms with Gasteiger partial charge >= 0.3 is 0 Å². The van der Waals surface area contributed by atoms with Gasteiger partial charge < -0.3 is 9.80 Å². The molecule has 0 saturated carbocycles. The maximum atomic E-state index is 12.7. The van der Waals surface area contributed by atoms with Crippen LogP contribution in [0.4, 0.5) is 5.82 Å². The Kier molecular flexibility index (Phi) is 5.29. The Balaban J connectivity index is 1.40. The van der Waals surface area contributed by atoms with Crippen LogP contribution in [0.3, 0.4) is 0 Å². The van der Waals surface area contributed by atoms with E-state index in [4.69, 9.17) is 0 Å². The largest absolute Gasteiger partial charge is 0.356 e. The lowest BCUT2D eigenvalue weighted by Crippen LogP contribution is -2.40. The number of carbonyl (C=O) groups is 1. The van der Waals surface area contributed by atoms with Crippen molar-refractivity contribution < 1.29 is 4.79 Å². The number of amides is 1. The Morgan fingerprint density at radius 3 is 2.62 bits per heavy atom. The van der Waals surface area contributed by atoms with Crippen molar-refractivity contribution in [3.05, 3.63) is 34.2 Å². The predicted octanol–water partition coefficient (Wildman–Crippen LogP) is 3.34. The van der Waals surface area contributed by atoms with Crippen LogP contribution in [-0.2, 0) is 7.05 Å². The van der Waals surface area contributed by atoms with E-state index in [0.717, 1.165) is 48.8 Å². The van der Waals surface area contributed by atoms with Gasteiger partial charge in [0.2, 0.25) is 0 Å². The number of thiophene rings is 1. The van der Waals surface area contributed by atoms with Crippen LogP contribution in [0.1, 0.15) is 39.5 Å². The SMILES string of the molecule is Cc1sc2ncnc(N3CCC(CN(C)C(=O)c4cc(C)n(C)n4)CC3)c2c1C. The van der Waals surface area contributed by atoms with Crippen LogP contribution in [-0.4, -0.2) is 57.2 Å². The van der Waals surface area contributed by atoms with Crippen molar-refractivity contribution in [1.82, 2.24) is 24.6 Å². The van der Waals surface area contributed by atoms with E-state index in [-0.39, 0.29) is 5.91 Å². The summed E-state index contributed by atoms with van der Waals surface area (Å²) in [5.41, 5.74) is 2.81. The molecule has 4 rings (SSSR count). The quantitative estimate of drug-likeness (QED) is 0.657. The molecule has 0 spiro atoms. The van der Waals surface area contributed by atoms with Crippen LogP contribution < -0.4 is 4.90 Å². The molecule has 1 aliphatic heterocycles. The summed E-state index contributed by atoms with van der Waals surface area (Å²) in [6.07, 6.45) is 3.78. The highest BCUT2D eigenvalue weighted by Gasteiger charge is 2.26. The number of aromatic nitrogens is 4. The lowest BCUT2D eigenvalue weighted by molar-refractivity contribution is 0.0758. The fourth-order valence-corrected chi connectivity index (χ4v) is 5.05. The Morgan fingerprint density at radius 1 is 1.24 bits per heavy atom. The number of nitrogens with zero attached hydrogens (tertiary/aromatic N) is 6. The molecule has 0 atom stereocenters. The minimum atomic E-state index is -0.00184. The third-order valence-corrected chi connectivity index (χ3v) is 7.19. The number of hydrogen-bond acceptors (Lipinski definition) is 6. The summed E-state index contributed by atoms with van der Waals surface area (Å²) in [5, 5.41) is 5.52. The minimum absolute atomic E-state index is 0.00184. The van der Waals surface area contributed by atoms with Gasteiger partial charge in [-0.3, -0.25) is 9.48 Å². The van der Waals surface area contributed by atoms with Crippen LogP contribution in [0.25, 0.3) is 10.2 Å². The first-order valence-corrected chi connectivity index (χ1v) is 10.9. The number of carbonyl (C=O) groups excluding carboxylic acids is 1. The van der Waals surface area contributed by atoms with E-state index in [1.807, 2.05) is 32.0 Å². The van der Waals surface area contributed by atoms with Crippen molar-refractivity contribution in [2.24, 2.45) is 13.0 Å². The lowest BCUT2D eigenvalue weighted by atomic mass is 9.96. The molecule has 1 saturated heterocycles. The average molecular weight is 413 g/mol. The van der Waals surface area contributed by atoms with Gasteiger partial charge in [-0.2, -0.15) is 5.10 Å². The minimum Gasteiger partial charge on any atom is -0.356 e. The number of piperidine rings is 1. The second kappa shape index (κ2) is 7.74. The summed E-state index contributed by atoms with van der Waals surface area (Å²) in [6, 6.07) is 1.85. The molecule has 0 radical (unpaired) electrons. The molecule has 154 valence electrons. The molecule has 1 aliphatic rings. The van der Waals surface area contributed by atoms with Crippen LogP contribution in [0.2, 0.25) is 0 Å². The molecule has 8 heteroatoms. The number of aryl methyl sites for hydroxylation is 4. The van der Waals surface area contributed by atoms with E-state index in [9.17, 15) is 4.79 Å². The molecule has 0 aromatic carbocycles. The molecule has 1 fully saturated rings. The van der Waals surface area contributed by atoms with Crippen molar-refractivity contribution >= 4 is 33.3 Å². The van der Waals surface area contributed by atoms with Gasteiger partial charge in [0, 0.05) is 44.3 Å². The summed E-state index contributed by atoms with van der Waals surface area (Å²) in [7, 11) is 3.74. The smallest absolute Gasteiger partial charge is 0.274 e. The van der Waals surface area contributed by atoms with Gasteiger partial charge in [-0.05, 0) is 51.2 Å². The fraction of sp³-hybridized carbons (Fsp3) is 0.524. The molecular formula is C21H28N6OS. The molecule has 1 amide bonds. The fourth-order valence-electron chi connectivity index (χ4n) is 4.06. The van der Waals surface area contributed by atoms with Crippen molar-refractivity contribution in [3.8, 4) is 0 Å². The second-order valence-electron chi connectivity index (χ2n) is 8.07. The molecule has 0 N–H and O–H groups in total. The molecule has 3 aromatic heterocycles. The van der Waals surface area contributed by atoms with Crippen LogP contribution in [0, 0.1) is 26.7 Å². The van der Waals surface area contributed by atoms with Crippen molar-refractivity contribution in [2.75, 3.05) is 31.6 Å². The zero-order valence-electron chi connectivity index (χ0n) is 17.8. The maximum Gasteiger partial charge on any atom is 0.274 e.